The fraction of sp³-hybridized carbons (Fsp3) is 0.353. The number of amides is 2. The average molecular weight is 326 g/mol. The molecule has 2 fully saturated rings. The molecule has 2 aliphatic rings. The lowest BCUT2D eigenvalue weighted by Gasteiger charge is -2.45. The standard InChI is InChI=1S/C17H18N4O3/c1-12-14(7-19-21(12)8-13-5-3-2-4-6-13)15(22)20-10-17(11-20)9-18-16(23)24-17/h2-7H,8-11H2,1H3,(H,18,23). The highest BCUT2D eigenvalue weighted by molar-refractivity contribution is 5.96. The Bertz CT molecular complexity index is 793. The third kappa shape index (κ3) is 2.42. The molecule has 0 radical (unpaired) electrons. The van der Waals surface area contributed by atoms with Crippen molar-refractivity contribution in [2.75, 3.05) is 19.6 Å². The lowest BCUT2D eigenvalue weighted by Crippen LogP contribution is -2.65. The van der Waals surface area contributed by atoms with Gasteiger partial charge in [0.15, 0.2) is 5.60 Å². The highest BCUT2D eigenvalue weighted by Gasteiger charge is 2.52. The van der Waals surface area contributed by atoms with Crippen LogP contribution in [-0.2, 0) is 11.3 Å². The number of alkyl carbamates (subject to hydrolysis) is 1. The summed E-state index contributed by atoms with van der Waals surface area (Å²) in [5.41, 5.74) is 2.03. The lowest BCUT2D eigenvalue weighted by atomic mass is 9.93. The van der Waals surface area contributed by atoms with E-state index in [1.807, 2.05) is 41.9 Å². The summed E-state index contributed by atoms with van der Waals surface area (Å²) in [6.07, 6.45) is 1.21. The van der Waals surface area contributed by atoms with Gasteiger partial charge in [0.1, 0.15) is 0 Å². The molecule has 0 aliphatic carbocycles. The average Bonchev–Trinajstić information content (AvgIpc) is 3.11. The molecule has 124 valence electrons. The molecule has 0 unspecified atom stereocenters. The maximum Gasteiger partial charge on any atom is 0.408 e. The van der Waals surface area contributed by atoms with E-state index < -0.39 is 11.7 Å². The summed E-state index contributed by atoms with van der Waals surface area (Å²) in [4.78, 5) is 25.5. The van der Waals surface area contributed by atoms with E-state index in [0.29, 0.717) is 31.7 Å². The highest BCUT2D eigenvalue weighted by Crippen LogP contribution is 2.30. The zero-order valence-electron chi connectivity index (χ0n) is 13.4. The van der Waals surface area contributed by atoms with E-state index in [1.54, 1.807) is 11.1 Å². The molecule has 1 N–H and O–H groups in total. The molecule has 2 aromatic rings. The van der Waals surface area contributed by atoms with Gasteiger partial charge in [0.25, 0.3) is 5.91 Å². The van der Waals surface area contributed by atoms with E-state index >= 15 is 0 Å². The molecule has 4 rings (SSSR count). The van der Waals surface area contributed by atoms with Crippen molar-refractivity contribution in [2.24, 2.45) is 0 Å². The van der Waals surface area contributed by atoms with Crippen LogP contribution in [0.15, 0.2) is 36.5 Å². The molecule has 1 aromatic heterocycles. The molecule has 7 heteroatoms. The summed E-state index contributed by atoms with van der Waals surface area (Å²) < 4.78 is 7.08. The molecule has 0 saturated carbocycles. The Labute approximate surface area is 139 Å². The number of hydrogen-bond donors (Lipinski definition) is 1. The molecule has 0 atom stereocenters. The SMILES string of the molecule is Cc1c(C(=O)N2CC3(CNC(=O)O3)C2)cnn1Cc1ccccc1. The number of ether oxygens (including phenoxy) is 1. The van der Waals surface area contributed by atoms with Crippen LogP contribution in [-0.4, -0.2) is 51.9 Å². The lowest BCUT2D eigenvalue weighted by molar-refractivity contribution is -0.0576. The van der Waals surface area contributed by atoms with Crippen molar-refractivity contribution < 1.29 is 14.3 Å². The smallest absolute Gasteiger partial charge is 0.408 e. The number of carbonyl (C=O) groups is 2. The predicted octanol–water partition coefficient (Wildman–Crippen LogP) is 1.17. The maximum atomic E-state index is 12.6. The fourth-order valence-corrected chi connectivity index (χ4v) is 3.21. The van der Waals surface area contributed by atoms with Crippen LogP contribution < -0.4 is 5.32 Å². The summed E-state index contributed by atoms with van der Waals surface area (Å²) in [6, 6.07) is 10.00. The van der Waals surface area contributed by atoms with Crippen LogP contribution >= 0.6 is 0 Å². The van der Waals surface area contributed by atoms with Crippen LogP contribution in [0.1, 0.15) is 21.6 Å². The summed E-state index contributed by atoms with van der Waals surface area (Å²) in [5.74, 6) is -0.0691. The largest absolute Gasteiger partial charge is 0.437 e. The number of nitrogens with zero attached hydrogens (tertiary/aromatic N) is 3. The molecule has 2 saturated heterocycles. The number of likely N-dealkylation sites (tertiary alicyclic amines) is 1. The van der Waals surface area contributed by atoms with Crippen LogP contribution in [0, 0.1) is 6.92 Å². The van der Waals surface area contributed by atoms with Gasteiger partial charge in [0, 0.05) is 5.69 Å². The van der Waals surface area contributed by atoms with Gasteiger partial charge in [-0.25, -0.2) is 4.79 Å². The Morgan fingerprint density at radius 2 is 2.08 bits per heavy atom. The van der Waals surface area contributed by atoms with Crippen LogP contribution in [0.4, 0.5) is 4.79 Å². The molecule has 3 heterocycles. The van der Waals surface area contributed by atoms with Crippen LogP contribution in [0.5, 0.6) is 0 Å². The van der Waals surface area contributed by atoms with E-state index in [1.165, 1.54) is 0 Å². The Hall–Kier alpha value is -2.83. The second-order valence-corrected chi connectivity index (χ2v) is 6.37. The fourth-order valence-electron chi connectivity index (χ4n) is 3.21. The van der Waals surface area contributed by atoms with Crippen LogP contribution in [0.3, 0.4) is 0 Å². The van der Waals surface area contributed by atoms with Crippen molar-refractivity contribution in [3.05, 3.63) is 53.3 Å². The predicted molar refractivity (Wildman–Crippen MR) is 85.6 cm³/mol. The topological polar surface area (TPSA) is 76.5 Å². The molecule has 2 aliphatic heterocycles. The molecule has 7 nitrogen and oxygen atoms in total. The van der Waals surface area contributed by atoms with Crippen LogP contribution in [0.25, 0.3) is 0 Å². The number of nitrogens with one attached hydrogen (secondary N) is 1. The minimum atomic E-state index is -0.541. The van der Waals surface area contributed by atoms with Gasteiger partial charge in [-0.3, -0.25) is 9.48 Å². The number of aromatic nitrogens is 2. The Balaban J connectivity index is 1.45. The first-order chi connectivity index (χ1) is 11.6. The monoisotopic (exact) mass is 326 g/mol. The van der Waals surface area contributed by atoms with E-state index in [0.717, 1.165) is 11.3 Å². The van der Waals surface area contributed by atoms with Gasteiger partial charge in [-0.1, -0.05) is 30.3 Å². The molecular weight excluding hydrogens is 308 g/mol. The van der Waals surface area contributed by atoms with Gasteiger partial charge < -0.3 is 15.0 Å². The van der Waals surface area contributed by atoms with Gasteiger partial charge in [-0.15, -0.1) is 0 Å². The maximum absolute atomic E-state index is 12.6. The molecule has 2 amide bonds. The summed E-state index contributed by atoms with van der Waals surface area (Å²) in [7, 11) is 0. The number of benzene rings is 1. The second kappa shape index (κ2) is 5.36. The zero-order valence-corrected chi connectivity index (χ0v) is 13.4. The van der Waals surface area contributed by atoms with E-state index in [9.17, 15) is 9.59 Å². The number of hydrogen-bond acceptors (Lipinski definition) is 4. The minimum Gasteiger partial charge on any atom is -0.437 e. The van der Waals surface area contributed by atoms with Crippen molar-refractivity contribution in [2.45, 2.75) is 19.1 Å². The summed E-state index contributed by atoms with van der Waals surface area (Å²) in [6.45, 7) is 3.84. The van der Waals surface area contributed by atoms with Crippen molar-refractivity contribution in [3.8, 4) is 0 Å². The van der Waals surface area contributed by atoms with Crippen molar-refractivity contribution in [1.29, 1.82) is 0 Å². The van der Waals surface area contributed by atoms with Crippen molar-refractivity contribution in [3.63, 3.8) is 0 Å². The van der Waals surface area contributed by atoms with Crippen molar-refractivity contribution >= 4 is 12.0 Å². The first-order valence-electron chi connectivity index (χ1n) is 7.89. The quantitative estimate of drug-likeness (QED) is 0.919. The van der Waals surface area contributed by atoms with Gasteiger partial charge in [-0.2, -0.15) is 5.10 Å². The van der Waals surface area contributed by atoms with Gasteiger partial charge in [-0.05, 0) is 12.5 Å². The number of carbonyl (C=O) groups excluding carboxylic acids is 2. The number of rotatable bonds is 3. The molecule has 0 bridgehead atoms. The normalized spacial score (nSPS) is 18.2. The van der Waals surface area contributed by atoms with E-state index in [-0.39, 0.29) is 5.91 Å². The summed E-state index contributed by atoms with van der Waals surface area (Å²) in [5, 5.41) is 6.98. The van der Waals surface area contributed by atoms with Crippen molar-refractivity contribution in [1.82, 2.24) is 20.0 Å². The Morgan fingerprint density at radius 3 is 2.75 bits per heavy atom. The van der Waals surface area contributed by atoms with E-state index in [4.69, 9.17) is 4.74 Å². The molecule has 1 spiro atoms. The van der Waals surface area contributed by atoms with Gasteiger partial charge >= 0.3 is 6.09 Å². The van der Waals surface area contributed by atoms with Gasteiger partial charge in [0.05, 0.1) is 37.9 Å². The second-order valence-electron chi connectivity index (χ2n) is 6.37. The Kier molecular flexibility index (Phi) is 3.30. The summed E-state index contributed by atoms with van der Waals surface area (Å²) >= 11 is 0. The molecule has 1 aromatic carbocycles. The molecule has 24 heavy (non-hydrogen) atoms. The third-order valence-corrected chi connectivity index (χ3v) is 4.62. The first kappa shape index (κ1) is 14.7. The minimum absolute atomic E-state index is 0.0691. The zero-order chi connectivity index (χ0) is 16.7. The highest BCUT2D eigenvalue weighted by atomic mass is 16.6. The Morgan fingerprint density at radius 1 is 1.33 bits per heavy atom. The third-order valence-electron chi connectivity index (χ3n) is 4.62. The first-order valence-corrected chi connectivity index (χ1v) is 7.89. The van der Waals surface area contributed by atoms with Crippen LogP contribution in [0.2, 0.25) is 0 Å². The molecular formula is C17H18N4O3. The van der Waals surface area contributed by atoms with Gasteiger partial charge in [0.2, 0.25) is 0 Å². The van der Waals surface area contributed by atoms with E-state index in [2.05, 4.69) is 10.4 Å².